The number of carbonyl (C=O) groups excluding carboxylic acids is 3. The lowest BCUT2D eigenvalue weighted by Gasteiger charge is -2.41. The standard InChI is InChI=1S/C26H27ClN6O3S.C24H23ClN6O3S.C23H23FN6O3S2.5H2/c1-19-17-32(22-3-5-23(6-4-22)37(35,36)30-25-8-11-28-18-29-25)14-15-33(19)26(34)10-13-31-12-9-20-16-21(27)2-7-24(20)31;25-19-2-1-18-8-10-31(22(18)15-19)16-24(32)30-13-11-29(12-14-30)20-3-5-21(6-4-20)35(33,34)28-23-7-9-26-17-27-23;1-16(30-10-9-19-20(24)3-2-4-21(19)30)22(31)29-13-11-28(12-14-29)17-5-7-18(8-6-17)35(32,33)27-23-25-15-26-34-23;;;;;/h2-9,11-12,16,18-19H,10,13-15,17H2,1H3,(H,28,29,30);1-10,15,17H,11-14,16H2,(H,26,27,28);2-10,15-16H,11-14H2,1H3,(H,25,26,27);5*1H/t19-;;16-;;;;;/m1.1...../s1. The minimum atomic E-state index is -3.75. The maximum atomic E-state index is 14.0. The highest BCUT2D eigenvalue weighted by atomic mass is 35.5. The molecule has 2 atom stereocenters. The van der Waals surface area contributed by atoms with E-state index >= 15 is 0 Å². The van der Waals surface area contributed by atoms with Crippen molar-refractivity contribution in [2.75, 3.05) is 101 Å². The maximum absolute atomic E-state index is 14.0. The van der Waals surface area contributed by atoms with Gasteiger partial charge in [-0.2, -0.15) is 4.37 Å². The zero-order valence-electron chi connectivity index (χ0n) is 57.8. The third-order valence-electron chi connectivity index (χ3n) is 18.8. The third-order valence-corrected chi connectivity index (χ3v) is 24.0. The van der Waals surface area contributed by atoms with Gasteiger partial charge in [-0.05, 0) is 165 Å². The van der Waals surface area contributed by atoms with Crippen molar-refractivity contribution in [3.63, 3.8) is 0 Å². The quantitative estimate of drug-likeness (QED) is 0.0677. The van der Waals surface area contributed by atoms with Crippen LogP contribution in [0.15, 0.2) is 222 Å². The van der Waals surface area contributed by atoms with E-state index in [1.165, 1.54) is 49.6 Å². The Morgan fingerprint density at radius 2 is 1.08 bits per heavy atom. The van der Waals surface area contributed by atoms with Crippen molar-refractivity contribution in [2.45, 2.75) is 60.1 Å². The molecule has 34 heteroatoms. The normalized spacial score (nSPS) is 15.3. The highest BCUT2D eigenvalue weighted by Gasteiger charge is 2.31. The van der Waals surface area contributed by atoms with Gasteiger partial charge in [-0.25, -0.2) is 54.6 Å². The fourth-order valence-electron chi connectivity index (χ4n) is 13.1. The first-order chi connectivity index (χ1) is 51.5. The van der Waals surface area contributed by atoms with Crippen molar-refractivity contribution in [1.29, 1.82) is 0 Å². The van der Waals surface area contributed by atoms with Crippen molar-refractivity contribution in [3.05, 3.63) is 224 Å². The van der Waals surface area contributed by atoms with Gasteiger partial charge in [-0.1, -0.05) is 35.3 Å². The van der Waals surface area contributed by atoms with Crippen LogP contribution in [0.3, 0.4) is 0 Å². The second-order valence-corrected chi connectivity index (χ2v) is 32.2. The molecule has 0 bridgehead atoms. The summed E-state index contributed by atoms with van der Waals surface area (Å²) in [4.78, 5) is 70.8. The number of halogens is 3. The number of benzene rings is 6. The molecule has 15 rings (SSSR count). The van der Waals surface area contributed by atoms with E-state index in [9.17, 15) is 44.0 Å². The van der Waals surface area contributed by atoms with Gasteiger partial charge in [0.15, 0.2) is 0 Å². The van der Waals surface area contributed by atoms with Crippen molar-refractivity contribution >= 4 is 149 Å². The summed E-state index contributed by atoms with van der Waals surface area (Å²) in [6.07, 6.45) is 12.9. The van der Waals surface area contributed by atoms with Gasteiger partial charge in [0.1, 0.15) is 49.0 Å². The van der Waals surface area contributed by atoms with Crippen LogP contribution in [-0.2, 0) is 57.5 Å². The van der Waals surface area contributed by atoms with Crippen LogP contribution in [-0.4, -0.2) is 179 Å². The van der Waals surface area contributed by atoms with E-state index in [0.717, 1.165) is 50.4 Å². The van der Waals surface area contributed by atoms with Crippen molar-refractivity contribution in [1.82, 2.24) is 57.7 Å². The Morgan fingerprint density at radius 3 is 1.65 bits per heavy atom. The topological polar surface area (TPSA) is 301 Å². The van der Waals surface area contributed by atoms with Gasteiger partial charge < -0.3 is 43.1 Å². The molecule has 3 N–H and O–H groups in total. The second-order valence-electron chi connectivity index (χ2n) is 25.5. The third kappa shape index (κ3) is 17.7. The summed E-state index contributed by atoms with van der Waals surface area (Å²) < 4.78 is 106. The minimum Gasteiger partial charge on any atom is -0.368 e. The number of piperazine rings is 3. The number of carbonyl (C=O) groups is 3. The molecule has 0 saturated carbocycles. The average molecular weight is 1570 g/mol. The van der Waals surface area contributed by atoms with Crippen molar-refractivity contribution in [3.8, 4) is 0 Å². The number of aryl methyl sites for hydroxylation is 1. The number of hydrogen-bond acceptors (Lipinski definition) is 19. The summed E-state index contributed by atoms with van der Waals surface area (Å²) in [7, 11) is -11.2. The molecule has 9 heterocycles. The number of rotatable bonds is 19. The van der Waals surface area contributed by atoms with Crippen molar-refractivity contribution in [2.24, 2.45) is 0 Å². The van der Waals surface area contributed by atoms with Gasteiger partial charge in [-0.15, -0.1) is 0 Å². The van der Waals surface area contributed by atoms with Gasteiger partial charge in [-0.3, -0.25) is 28.5 Å². The van der Waals surface area contributed by atoms with E-state index in [4.69, 9.17) is 23.2 Å². The van der Waals surface area contributed by atoms with Crippen LogP contribution in [0.5, 0.6) is 0 Å². The summed E-state index contributed by atoms with van der Waals surface area (Å²) >= 11 is 13.2. The average Bonchev–Trinajstić information content (AvgIpc) is 1.62. The zero-order valence-corrected chi connectivity index (χ0v) is 62.6. The molecule has 27 nitrogen and oxygen atoms in total. The fraction of sp³-hybridized carbons (Fsp3) is 0.247. The summed E-state index contributed by atoms with van der Waals surface area (Å²) in [5.74, 6) is 0.281. The van der Waals surface area contributed by atoms with E-state index in [1.807, 2.05) is 105 Å². The molecular formula is C73H83Cl2FN18O9S4. The molecule has 6 aromatic carbocycles. The number of hydrogen-bond donors (Lipinski definition) is 3. The van der Waals surface area contributed by atoms with Crippen LogP contribution in [0, 0.1) is 5.82 Å². The largest absolute Gasteiger partial charge is 0.368 e. The highest BCUT2D eigenvalue weighted by Crippen LogP contribution is 2.30. The first-order valence-electron chi connectivity index (χ1n) is 34.0. The predicted molar refractivity (Wildman–Crippen MR) is 422 cm³/mol. The van der Waals surface area contributed by atoms with Gasteiger partial charge in [0.25, 0.3) is 30.1 Å². The van der Waals surface area contributed by atoms with Gasteiger partial charge in [0.05, 0.1) is 20.2 Å². The highest BCUT2D eigenvalue weighted by molar-refractivity contribution is 7.93. The molecule has 0 spiro atoms. The van der Waals surface area contributed by atoms with Crippen molar-refractivity contribution < 1.29 is 51.2 Å². The first-order valence-corrected chi connectivity index (χ1v) is 40.0. The monoisotopic (exact) mass is 1570 g/mol. The molecule has 3 aliphatic rings. The van der Waals surface area contributed by atoms with Crippen LogP contribution >= 0.6 is 34.7 Å². The Morgan fingerprint density at radius 1 is 0.542 bits per heavy atom. The summed E-state index contributed by atoms with van der Waals surface area (Å²) in [6.45, 7) is 11.5. The Hall–Kier alpha value is -10.8. The number of nitrogens with one attached hydrogen (secondary N) is 3. The molecular weight excluding hydrogens is 1490 g/mol. The van der Waals surface area contributed by atoms with Crippen LogP contribution in [0.25, 0.3) is 32.7 Å². The first kappa shape index (κ1) is 74.5. The number of aromatic nitrogens is 9. The fourth-order valence-corrected chi connectivity index (χ4v) is 17.1. The molecule has 3 aliphatic heterocycles. The summed E-state index contributed by atoms with van der Waals surface area (Å²) in [6, 6.07) is 44.6. The molecule has 564 valence electrons. The zero-order chi connectivity index (χ0) is 75.0. The Bertz CT molecular complexity index is 5510. The van der Waals surface area contributed by atoms with E-state index < -0.39 is 36.1 Å². The van der Waals surface area contributed by atoms with E-state index in [1.54, 1.807) is 91.1 Å². The second kappa shape index (κ2) is 32.5. The van der Waals surface area contributed by atoms with E-state index in [-0.39, 0.29) is 74.7 Å². The minimum absolute atomic E-state index is 0. The molecule has 12 aromatic rings. The molecule has 0 radical (unpaired) electrons. The van der Waals surface area contributed by atoms with E-state index in [2.05, 4.69) is 62.7 Å². The number of fused-ring (bicyclic) bond motifs is 3. The van der Waals surface area contributed by atoms with Crippen LogP contribution < -0.4 is 28.9 Å². The smallest absolute Gasteiger partial charge is 0.263 e. The number of nitrogens with zero attached hydrogens (tertiary/aromatic N) is 15. The van der Waals surface area contributed by atoms with Gasteiger partial charge >= 0.3 is 0 Å². The van der Waals surface area contributed by atoms with Gasteiger partial charge in [0, 0.05) is 190 Å². The number of amides is 3. The molecule has 3 amide bonds. The number of anilines is 6. The molecule has 3 saturated heterocycles. The predicted octanol–water partition coefficient (Wildman–Crippen LogP) is 11.8. The maximum Gasteiger partial charge on any atom is 0.263 e. The summed E-state index contributed by atoms with van der Waals surface area (Å²) in [5, 5.41) is 4.16. The van der Waals surface area contributed by atoms with Gasteiger partial charge in [0.2, 0.25) is 22.9 Å². The molecule has 0 aliphatic carbocycles. The van der Waals surface area contributed by atoms with E-state index in [0.29, 0.717) is 106 Å². The van der Waals surface area contributed by atoms with Crippen LogP contribution in [0.4, 0.5) is 38.2 Å². The molecule has 3 fully saturated rings. The lowest BCUT2D eigenvalue weighted by molar-refractivity contribution is -0.135. The molecule has 107 heavy (non-hydrogen) atoms. The van der Waals surface area contributed by atoms with Crippen LogP contribution in [0.2, 0.25) is 10.0 Å². The van der Waals surface area contributed by atoms with Crippen LogP contribution in [0.1, 0.15) is 33.4 Å². The Labute approximate surface area is 638 Å². The Balaban J connectivity index is 0.000000206. The SMILES string of the molecule is C[C@@H]1CN(c2ccc(S(=O)(=O)Nc3ccncn3)cc2)CCN1C(=O)CCn1ccc2cc(Cl)ccc21.C[C@H](C(=O)N1CCN(c2ccc(S(=O)(=O)Nc3ncns3)cc2)CC1)n1ccc2c(F)cccc21.O=C(Cn1ccc2ccc(Cl)cc21)N1CCN(c2ccc(S(=O)(=O)Nc3ccncn3)cc2)CC1.[HH].[HH].[HH].[HH].[HH]. The Kier molecular flexibility index (Phi) is 22.6. The lowest BCUT2D eigenvalue weighted by atomic mass is 10.1. The number of sulfonamides is 3. The lowest BCUT2D eigenvalue weighted by Crippen LogP contribution is -2.54. The summed E-state index contributed by atoms with van der Waals surface area (Å²) in [5.41, 5.74) is 5.40. The molecule has 0 unspecified atom stereocenters. The molecule has 6 aromatic heterocycles.